The van der Waals surface area contributed by atoms with E-state index in [-0.39, 0.29) is 5.41 Å². The molecule has 0 aliphatic heterocycles. The van der Waals surface area contributed by atoms with Crippen molar-refractivity contribution in [1.82, 2.24) is 9.97 Å². The molecular weight excluding hydrogens is 192 g/mol. The number of thioether (sulfide) groups is 1. The van der Waals surface area contributed by atoms with E-state index in [0.717, 1.165) is 5.16 Å². The second-order valence-electron chi connectivity index (χ2n) is 4.09. The van der Waals surface area contributed by atoms with Gasteiger partial charge in [-0.15, -0.1) is 0 Å². The summed E-state index contributed by atoms with van der Waals surface area (Å²) in [4.78, 5) is 8.60. The predicted octanol–water partition coefficient (Wildman–Crippen LogP) is 3.28. The monoisotopic (exact) mass is 210 g/mol. The molecule has 0 fully saturated rings. The second kappa shape index (κ2) is 4.78. The van der Waals surface area contributed by atoms with E-state index in [1.54, 1.807) is 11.8 Å². The lowest BCUT2D eigenvalue weighted by Gasteiger charge is -2.23. The van der Waals surface area contributed by atoms with Gasteiger partial charge in [0.25, 0.3) is 0 Å². The van der Waals surface area contributed by atoms with Gasteiger partial charge in [0.1, 0.15) is 0 Å². The van der Waals surface area contributed by atoms with Crippen molar-refractivity contribution in [3.8, 4) is 0 Å². The molecule has 0 bridgehead atoms. The third-order valence-corrected chi connectivity index (χ3v) is 3.04. The fourth-order valence-corrected chi connectivity index (χ4v) is 1.86. The molecule has 0 aromatic carbocycles. The average molecular weight is 210 g/mol. The van der Waals surface area contributed by atoms with Gasteiger partial charge in [-0.1, -0.05) is 39.0 Å². The Kier molecular flexibility index (Phi) is 3.93. The lowest BCUT2D eigenvalue weighted by atomic mass is 9.82. The Morgan fingerprint density at radius 1 is 1.29 bits per heavy atom. The Balaban J connectivity index is 2.85. The summed E-state index contributed by atoms with van der Waals surface area (Å²) in [5, 5.41) is 0.848. The first-order chi connectivity index (χ1) is 6.60. The van der Waals surface area contributed by atoms with Crippen LogP contribution in [0.3, 0.4) is 0 Å². The lowest BCUT2D eigenvalue weighted by Crippen LogP contribution is -2.17. The largest absolute Gasteiger partial charge is 0.231 e. The molecule has 0 aliphatic carbocycles. The molecule has 0 spiro atoms. The van der Waals surface area contributed by atoms with Gasteiger partial charge >= 0.3 is 0 Å². The molecule has 14 heavy (non-hydrogen) atoms. The molecule has 0 N–H and O–H groups in total. The first-order valence-corrected chi connectivity index (χ1v) is 6.19. The van der Waals surface area contributed by atoms with E-state index in [1.807, 2.05) is 18.6 Å². The first kappa shape index (κ1) is 11.5. The normalized spacial score (nSPS) is 11.7. The maximum atomic E-state index is 4.30. The van der Waals surface area contributed by atoms with E-state index in [2.05, 4.69) is 30.7 Å². The maximum Gasteiger partial charge on any atom is 0.187 e. The zero-order valence-electron chi connectivity index (χ0n) is 9.37. The van der Waals surface area contributed by atoms with Crippen molar-refractivity contribution in [3.05, 3.63) is 18.0 Å². The van der Waals surface area contributed by atoms with Gasteiger partial charge in [-0.3, -0.25) is 0 Å². The zero-order chi connectivity index (χ0) is 10.6. The molecule has 0 amide bonds. The van der Waals surface area contributed by atoms with Crippen molar-refractivity contribution in [1.29, 1.82) is 0 Å². The van der Waals surface area contributed by atoms with Crippen molar-refractivity contribution in [2.75, 3.05) is 6.26 Å². The van der Waals surface area contributed by atoms with Gasteiger partial charge in [0, 0.05) is 12.4 Å². The summed E-state index contributed by atoms with van der Waals surface area (Å²) in [5.41, 5.74) is 1.43. The Hall–Kier alpha value is -0.570. The van der Waals surface area contributed by atoms with Gasteiger partial charge < -0.3 is 0 Å². The molecule has 1 heterocycles. The van der Waals surface area contributed by atoms with Crippen LogP contribution in [-0.2, 0) is 5.41 Å². The third-order valence-electron chi connectivity index (χ3n) is 2.47. The number of aromatic nitrogens is 2. The molecule has 0 saturated heterocycles. The SMILES string of the molecule is CCCC(C)(C)c1cnc(SC)nc1. The fourth-order valence-electron chi connectivity index (χ4n) is 1.54. The van der Waals surface area contributed by atoms with E-state index >= 15 is 0 Å². The highest BCUT2D eigenvalue weighted by atomic mass is 32.2. The van der Waals surface area contributed by atoms with Crippen LogP contribution in [0.15, 0.2) is 17.6 Å². The molecule has 1 rings (SSSR count). The van der Waals surface area contributed by atoms with Crippen molar-refractivity contribution >= 4 is 11.8 Å². The van der Waals surface area contributed by atoms with Crippen LogP contribution in [0.25, 0.3) is 0 Å². The third kappa shape index (κ3) is 2.71. The number of hydrogen-bond acceptors (Lipinski definition) is 3. The van der Waals surface area contributed by atoms with Gasteiger partial charge in [-0.25, -0.2) is 9.97 Å². The Morgan fingerprint density at radius 3 is 2.29 bits per heavy atom. The minimum Gasteiger partial charge on any atom is -0.231 e. The summed E-state index contributed by atoms with van der Waals surface area (Å²) in [6, 6.07) is 0. The van der Waals surface area contributed by atoms with Crippen LogP contribution in [0.4, 0.5) is 0 Å². The van der Waals surface area contributed by atoms with Crippen LogP contribution in [0.5, 0.6) is 0 Å². The highest BCUT2D eigenvalue weighted by Crippen LogP contribution is 2.27. The number of hydrogen-bond donors (Lipinski definition) is 0. The van der Waals surface area contributed by atoms with Crippen molar-refractivity contribution in [2.24, 2.45) is 0 Å². The predicted molar refractivity (Wildman–Crippen MR) is 61.7 cm³/mol. The zero-order valence-corrected chi connectivity index (χ0v) is 10.2. The van der Waals surface area contributed by atoms with E-state index < -0.39 is 0 Å². The van der Waals surface area contributed by atoms with Crippen molar-refractivity contribution in [2.45, 2.75) is 44.2 Å². The van der Waals surface area contributed by atoms with Crippen LogP contribution in [0, 0.1) is 0 Å². The Bertz CT molecular complexity index is 280. The van der Waals surface area contributed by atoms with Crippen LogP contribution in [0.2, 0.25) is 0 Å². The summed E-state index contributed by atoms with van der Waals surface area (Å²) in [7, 11) is 0. The lowest BCUT2D eigenvalue weighted by molar-refractivity contribution is 0.468. The molecule has 78 valence electrons. The highest BCUT2D eigenvalue weighted by molar-refractivity contribution is 7.98. The van der Waals surface area contributed by atoms with Crippen LogP contribution in [-0.4, -0.2) is 16.2 Å². The molecule has 0 radical (unpaired) electrons. The average Bonchev–Trinajstić information content (AvgIpc) is 2.18. The number of nitrogens with zero attached hydrogens (tertiary/aromatic N) is 2. The Labute approximate surface area is 90.5 Å². The Morgan fingerprint density at radius 2 is 1.86 bits per heavy atom. The van der Waals surface area contributed by atoms with E-state index in [1.165, 1.54) is 18.4 Å². The molecule has 1 aromatic heterocycles. The number of rotatable bonds is 4. The molecule has 0 saturated carbocycles. The van der Waals surface area contributed by atoms with Gasteiger partial charge in [-0.05, 0) is 23.7 Å². The molecular formula is C11H18N2S. The van der Waals surface area contributed by atoms with E-state index in [9.17, 15) is 0 Å². The van der Waals surface area contributed by atoms with Gasteiger partial charge in [-0.2, -0.15) is 0 Å². The second-order valence-corrected chi connectivity index (χ2v) is 4.87. The topological polar surface area (TPSA) is 25.8 Å². The smallest absolute Gasteiger partial charge is 0.187 e. The van der Waals surface area contributed by atoms with Gasteiger partial charge in [0.2, 0.25) is 0 Å². The van der Waals surface area contributed by atoms with Crippen LogP contribution >= 0.6 is 11.8 Å². The molecule has 2 nitrogen and oxygen atoms in total. The summed E-state index contributed by atoms with van der Waals surface area (Å²) < 4.78 is 0. The van der Waals surface area contributed by atoms with Crippen molar-refractivity contribution in [3.63, 3.8) is 0 Å². The van der Waals surface area contributed by atoms with Gasteiger partial charge in [0.05, 0.1) is 0 Å². The minimum atomic E-state index is 0.200. The summed E-state index contributed by atoms with van der Waals surface area (Å²) in [6.07, 6.45) is 8.27. The molecule has 1 aromatic rings. The molecule has 0 atom stereocenters. The quantitative estimate of drug-likeness (QED) is 0.563. The summed E-state index contributed by atoms with van der Waals surface area (Å²) >= 11 is 1.58. The summed E-state index contributed by atoms with van der Waals surface area (Å²) in [5.74, 6) is 0. The molecule has 3 heteroatoms. The highest BCUT2D eigenvalue weighted by Gasteiger charge is 2.19. The van der Waals surface area contributed by atoms with Crippen molar-refractivity contribution < 1.29 is 0 Å². The fraction of sp³-hybridized carbons (Fsp3) is 0.636. The van der Waals surface area contributed by atoms with Crippen LogP contribution < -0.4 is 0 Å². The standard InChI is InChI=1S/C11H18N2S/c1-5-6-11(2,3)9-7-12-10(14-4)13-8-9/h7-8H,5-6H2,1-4H3. The van der Waals surface area contributed by atoms with E-state index in [0.29, 0.717) is 0 Å². The summed E-state index contributed by atoms with van der Waals surface area (Å²) in [6.45, 7) is 6.70. The molecule has 0 unspecified atom stereocenters. The first-order valence-electron chi connectivity index (χ1n) is 4.96. The van der Waals surface area contributed by atoms with Gasteiger partial charge in [0.15, 0.2) is 5.16 Å². The maximum absolute atomic E-state index is 4.30. The molecule has 0 aliphatic rings. The minimum absolute atomic E-state index is 0.200. The van der Waals surface area contributed by atoms with Crippen LogP contribution in [0.1, 0.15) is 39.2 Å². The van der Waals surface area contributed by atoms with E-state index in [4.69, 9.17) is 0 Å².